The molecule has 0 radical (unpaired) electrons. The summed E-state index contributed by atoms with van der Waals surface area (Å²) in [5.74, 6) is 2.15. The van der Waals surface area contributed by atoms with Gasteiger partial charge >= 0.3 is 6.01 Å². The monoisotopic (exact) mass is 280 g/mol. The van der Waals surface area contributed by atoms with Crippen LogP contribution in [-0.2, 0) is 0 Å². The molecule has 5 nitrogen and oxygen atoms in total. The van der Waals surface area contributed by atoms with E-state index in [2.05, 4.69) is 48.5 Å². The van der Waals surface area contributed by atoms with E-state index in [0.717, 1.165) is 18.9 Å². The summed E-state index contributed by atoms with van der Waals surface area (Å²) in [4.78, 5) is 0. The summed E-state index contributed by atoms with van der Waals surface area (Å²) in [7, 11) is 0. The predicted molar refractivity (Wildman–Crippen MR) is 80.6 cm³/mol. The molecule has 1 aliphatic carbocycles. The topological polar surface area (TPSA) is 63.0 Å². The average molecular weight is 280 g/mol. The lowest BCUT2D eigenvalue weighted by Gasteiger charge is -2.32. The molecule has 1 fully saturated rings. The van der Waals surface area contributed by atoms with E-state index in [1.165, 1.54) is 19.3 Å². The number of aromatic nitrogens is 2. The van der Waals surface area contributed by atoms with Crippen molar-refractivity contribution < 1.29 is 4.42 Å². The molecule has 4 atom stereocenters. The van der Waals surface area contributed by atoms with Crippen LogP contribution in [0.2, 0.25) is 0 Å². The Hall–Kier alpha value is -1.10. The molecule has 1 aromatic heterocycles. The molecule has 20 heavy (non-hydrogen) atoms. The van der Waals surface area contributed by atoms with Gasteiger partial charge in [-0.25, -0.2) is 0 Å². The molecule has 2 N–H and O–H groups in total. The van der Waals surface area contributed by atoms with E-state index in [9.17, 15) is 0 Å². The third kappa shape index (κ3) is 3.95. The zero-order chi connectivity index (χ0) is 14.5. The van der Waals surface area contributed by atoms with E-state index in [1.807, 2.05) is 0 Å². The third-order valence-electron chi connectivity index (χ3n) is 4.25. The molecule has 1 saturated carbocycles. The molecule has 0 saturated heterocycles. The quantitative estimate of drug-likeness (QED) is 0.836. The van der Waals surface area contributed by atoms with Gasteiger partial charge in [-0.15, -0.1) is 5.10 Å². The van der Waals surface area contributed by atoms with E-state index in [4.69, 9.17) is 4.42 Å². The Balaban J connectivity index is 1.89. The summed E-state index contributed by atoms with van der Waals surface area (Å²) in [6, 6.07) is 1.14. The Kier molecular flexibility index (Phi) is 5.40. The van der Waals surface area contributed by atoms with Crippen molar-refractivity contribution in [2.75, 3.05) is 11.9 Å². The Morgan fingerprint density at radius 1 is 1.30 bits per heavy atom. The smallest absolute Gasteiger partial charge is 0.315 e. The van der Waals surface area contributed by atoms with Crippen LogP contribution >= 0.6 is 0 Å². The van der Waals surface area contributed by atoms with Crippen molar-refractivity contribution in [2.24, 2.45) is 11.8 Å². The van der Waals surface area contributed by atoms with Gasteiger partial charge in [-0.1, -0.05) is 25.9 Å². The van der Waals surface area contributed by atoms with Gasteiger partial charge in [-0.2, -0.15) is 0 Å². The van der Waals surface area contributed by atoms with Crippen molar-refractivity contribution in [3.8, 4) is 0 Å². The van der Waals surface area contributed by atoms with E-state index in [0.29, 0.717) is 23.9 Å². The van der Waals surface area contributed by atoms with Crippen molar-refractivity contribution in [3.63, 3.8) is 0 Å². The van der Waals surface area contributed by atoms with Crippen molar-refractivity contribution in [3.05, 3.63) is 5.89 Å². The second-order valence-electron chi connectivity index (χ2n) is 6.27. The lowest BCUT2D eigenvalue weighted by Crippen LogP contribution is -2.33. The molecule has 2 rings (SSSR count). The number of nitrogens with one attached hydrogen (secondary N) is 2. The number of hydrogen-bond donors (Lipinski definition) is 2. The van der Waals surface area contributed by atoms with Crippen LogP contribution in [0.3, 0.4) is 0 Å². The van der Waals surface area contributed by atoms with Gasteiger partial charge in [-0.3, -0.25) is 0 Å². The van der Waals surface area contributed by atoms with E-state index < -0.39 is 0 Å². The number of hydrogen-bond acceptors (Lipinski definition) is 5. The van der Waals surface area contributed by atoms with Gasteiger partial charge in [0.05, 0.1) is 6.04 Å². The molecule has 0 aliphatic heterocycles. The molecule has 1 aliphatic rings. The summed E-state index contributed by atoms with van der Waals surface area (Å²) in [5, 5.41) is 15.0. The van der Waals surface area contributed by atoms with Gasteiger partial charge in [-0.05, 0) is 51.0 Å². The number of rotatable bonds is 6. The summed E-state index contributed by atoms with van der Waals surface area (Å²) in [6.07, 6.45) is 4.83. The second kappa shape index (κ2) is 7.07. The molecule has 114 valence electrons. The van der Waals surface area contributed by atoms with Crippen LogP contribution in [0.1, 0.15) is 65.3 Å². The van der Waals surface area contributed by atoms with Gasteiger partial charge in [0.1, 0.15) is 0 Å². The fraction of sp³-hybridized carbons (Fsp3) is 0.867. The molecular formula is C15H28N4O. The minimum Gasteiger partial charge on any atom is -0.406 e. The molecular weight excluding hydrogens is 252 g/mol. The Morgan fingerprint density at radius 3 is 2.80 bits per heavy atom. The first kappa shape index (κ1) is 15.3. The SMILES string of the molecule is CCCNC(C)c1nnc(NC2CCC(C)CC2C)o1. The minimum absolute atomic E-state index is 0.113. The molecule has 4 unspecified atom stereocenters. The maximum Gasteiger partial charge on any atom is 0.315 e. The first-order valence-corrected chi connectivity index (χ1v) is 7.93. The maximum atomic E-state index is 5.72. The zero-order valence-electron chi connectivity index (χ0n) is 13.1. The summed E-state index contributed by atoms with van der Waals surface area (Å²) in [6.45, 7) is 9.79. The Morgan fingerprint density at radius 2 is 2.10 bits per heavy atom. The normalized spacial score (nSPS) is 28.3. The van der Waals surface area contributed by atoms with E-state index >= 15 is 0 Å². The van der Waals surface area contributed by atoms with Gasteiger partial charge in [0.2, 0.25) is 5.89 Å². The van der Waals surface area contributed by atoms with Gasteiger partial charge in [0.25, 0.3) is 0 Å². The highest BCUT2D eigenvalue weighted by molar-refractivity contribution is 5.20. The summed E-state index contributed by atoms with van der Waals surface area (Å²) >= 11 is 0. The van der Waals surface area contributed by atoms with Crippen LogP contribution in [0, 0.1) is 11.8 Å². The summed E-state index contributed by atoms with van der Waals surface area (Å²) in [5.41, 5.74) is 0. The lowest BCUT2D eigenvalue weighted by molar-refractivity contribution is 0.272. The minimum atomic E-state index is 0.113. The molecule has 1 heterocycles. The van der Waals surface area contributed by atoms with Crippen LogP contribution in [0.4, 0.5) is 6.01 Å². The third-order valence-corrected chi connectivity index (χ3v) is 4.25. The maximum absolute atomic E-state index is 5.72. The fourth-order valence-corrected chi connectivity index (χ4v) is 2.95. The number of nitrogens with zero attached hydrogens (tertiary/aromatic N) is 2. The molecule has 0 spiro atoms. The van der Waals surface area contributed by atoms with E-state index in [-0.39, 0.29) is 6.04 Å². The van der Waals surface area contributed by atoms with Crippen molar-refractivity contribution in [2.45, 2.75) is 65.5 Å². The van der Waals surface area contributed by atoms with Gasteiger partial charge < -0.3 is 15.1 Å². The highest BCUT2D eigenvalue weighted by Crippen LogP contribution is 2.30. The number of anilines is 1. The first-order chi connectivity index (χ1) is 9.60. The van der Waals surface area contributed by atoms with Gasteiger partial charge in [0, 0.05) is 6.04 Å². The van der Waals surface area contributed by atoms with Crippen molar-refractivity contribution in [1.29, 1.82) is 0 Å². The van der Waals surface area contributed by atoms with Crippen LogP contribution in [0.5, 0.6) is 0 Å². The molecule has 0 amide bonds. The van der Waals surface area contributed by atoms with Crippen LogP contribution in [0.25, 0.3) is 0 Å². The fourth-order valence-electron chi connectivity index (χ4n) is 2.95. The Labute approximate surface area is 121 Å². The van der Waals surface area contributed by atoms with Gasteiger partial charge in [0.15, 0.2) is 0 Å². The average Bonchev–Trinajstić information content (AvgIpc) is 2.88. The standard InChI is InChI=1S/C15H28N4O/c1-5-8-16-12(4)14-18-19-15(20-14)17-13-7-6-10(2)9-11(13)3/h10-13,16H,5-9H2,1-4H3,(H,17,19). The lowest BCUT2D eigenvalue weighted by atomic mass is 9.80. The molecule has 0 bridgehead atoms. The van der Waals surface area contributed by atoms with Crippen LogP contribution < -0.4 is 10.6 Å². The zero-order valence-corrected chi connectivity index (χ0v) is 13.1. The van der Waals surface area contributed by atoms with Crippen LogP contribution in [-0.4, -0.2) is 22.8 Å². The largest absolute Gasteiger partial charge is 0.406 e. The highest BCUT2D eigenvalue weighted by Gasteiger charge is 2.26. The Bertz CT molecular complexity index is 406. The molecule has 0 aromatic carbocycles. The first-order valence-electron chi connectivity index (χ1n) is 7.93. The highest BCUT2D eigenvalue weighted by atomic mass is 16.4. The van der Waals surface area contributed by atoms with Crippen molar-refractivity contribution >= 4 is 6.01 Å². The predicted octanol–water partition coefficient (Wildman–Crippen LogP) is 3.37. The molecule has 5 heteroatoms. The second-order valence-corrected chi connectivity index (χ2v) is 6.27. The van der Waals surface area contributed by atoms with E-state index in [1.54, 1.807) is 0 Å². The molecule has 1 aromatic rings. The summed E-state index contributed by atoms with van der Waals surface area (Å²) < 4.78 is 5.72. The van der Waals surface area contributed by atoms with Crippen molar-refractivity contribution in [1.82, 2.24) is 15.5 Å². The van der Waals surface area contributed by atoms with Crippen LogP contribution in [0.15, 0.2) is 4.42 Å².